The van der Waals surface area contributed by atoms with Gasteiger partial charge in [-0.05, 0) is 65.9 Å². The van der Waals surface area contributed by atoms with Crippen LogP contribution in [0.5, 0.6) is 5.75 Å². The summed E-state index contributed by atoms with van der Waals surface area (Å²) in [6.45, 7) is -1.19. The fourth-order valence-electron chi connectivity index (χ4n) is 2.24. The number of halogens is 3. The average molecular weight is 411 g/mol. The SMILES string of the molecule is C[C@@H](Sc1nnnn1-c1ccc(Cl)cc1)C(=O)c1ccc(OC(F)F)cc1. The van der Waals surface area contributed by atoms with Gasteiger partial charge in [-0.1, -0.05) is 23.4 Å². The summed E-state index contributed by atoms with van der Waals surface area (Å²) in [6.07, 6.45) is 0. The number of carbonyl (C=O) groups is 1. The normalized spacial score (nSPS) is 12.2. The lowest BCUT2D eigenvalue weighted by Crippen LogP contribution is -2.14. The van der Waals surface area contributed by atoms with Crippen LogP contribution >= 0.6 is 23.4 Å². The molecule has 0 saturated heterocycles. The van der Waals surface area contributed by atoms with Crippen molar-refractivity contribution >= 4 is 29.1 Å². The minimum Gasteiger partial charge on any atom is -0.435 e. The van der Waals surface area contributed by atoms with Gasteiger partial charge in [-0.3, -0.25) is 4.79 Å². The molecule has 27 heavy (non-hydrogen) atoms. The van der Waals surface area contributed by atoms with Crippen molar-refractivity contribution in [2.75, 3.05) is 0 Å². The molecule has 10 heteroatoms. The number of Topliss-reactive ketones (excluding diaryl/α,β-unsaturated/α-hetero) is 1. The van der Waals surface area contributed by atoms with Gasteiger partial charge in [0.15, 0.2) is 5.78 Å². The molecule has 0 radical (unpaired) electrons. The lowest BCUT2D eigenvalue weighted by molar-refractivity contribution is -0.0498. The number of alkyl halides is 2. The van der Waals surface area contributed by atoms with Crippen molar-refractivity contribution in [3.8, 4) is 11.4 Å². The molecule has 1 aromatic heterocycles. The summed E-state index contributed by atoms with van der Waals surface area (Å²) in [5, 5.41) is 12.1. The van der Waals surface area contributed by atoms with Crippen molar-refractivity contribution in [1.82, 2.24) is 20.2 Å². The number of ether oxygens (including phenoxy) is 1. The van der Waals surface area contributed by atoms with Crippen molar-refractivity contribution in [3.05, 3.63) is 59.1 Å². The Hall–Kier alpha value is -2.52. The molecule has 0 spiro atoms. The van der Waals surface area contributed by atoms with Gasteiger partial charge in [0.1, 0.15) is 5.75 Å². The zero-order valence-corrected chi connectivity index (χ0v) is 15.5. The molecule has 1 atom stereocenters. The molecule has 0 aliphatic carbocycles. The molecular weight excluding hydrogens is 398 g/mol. The summed E-state index contributed by atoms with van der Waals surface area (Å²) < 4.78 is 30.2. The van der Waals surface area contributed by atoms with Crippen molar-refractivity contribution in [2.45, 2.75) is 23.9 Å². The van der Waals surface area contributed by atoms with Crippen LogP contribution in [0.3, 0.4) is 0 Å². The van der Waals surface area contributed by atoms with Crippen molar-refractivity contribution in [2.24, 2.45) is 0 Å². The van der Waals surface area contributed by atoms with Crippen LogP contribution in [0.2, 0.25) is 5.02 Å². The molecule has 0 bridgehead atoms. The third-order valence-electron chi connectivity index (χ3n) is 3.53. The lowest BCUT2D eigenvalue weighted by atomic mass is 10.1. The first-order valence-electron chi connectivity index (χ1n) is 7.74. The summed E-state index contributed by atoms with van der Waals surface area (Å²) in [7, 11) is 0. The maximum atomic E-state index is 12.6. The first-order chi connectivity index (χ1) is 12.9. The number of tetrazole rings is 1. The molecule has 140 valence electrons. The predicted molar refractivity (Wildman–Crippen MR) is 96.9 cm³/mol. The minimum absolute atomic E-state index is 0.00598. The Morgan fingerprint density at radius 3 is 2.44 bits per heavy atom. The predicted octanol–water partition coefficient (Wildman–Crippen LogP) is 4.28. The zero-order valence-electron chi connectivity index (χ0n) is 13.9. The number of rotatable bonds is 7. The Morgan fingerprint density at radius 1 is 1.15 bits per heavy atom. The van der Waals surface area contributed by atoms with Crippen LogP contribution in [0.15, 0.2) is 53.7 Å². The summed E-state index contributed by atoms with van der Waals surface area (Å²) in [5.41, 5.74) is 1.09. The first-order valence-corrected chi connectivity index (χ1v) is 9.00. The Bertz CT molecular complexity index is 919. The highest BCUT2D eigenvalue weighted by atomic mass is 35.5. The van der Waals surface area contributed by atoms with Gasteiger partial charge in [0.25, 0.3) is 0 Å². The van der Waals surface area contributed by atoms with Gasteiger partial charge in [0.05, 0.1) is 10.9 Å². The molecule has 0 unspecified atom stereocenters. The van der Waals surface area contributed by atoms with Gasteiger partial charge < -0.3 is 4.74 Å². The molecular formula is C17H13ClF2N4O2S. The van der Waals surface area contributed by atoms with Crippen LogP contribution in [0.25, 0.3) is 5.69 Å². The summed E-state index contributed by atoms with van der Waals surface area (Å²) in [4.78, 5) is 12.6. The van der Waals surface area contributed by atoms with Crippen LogP contribution in [-0.4, -0.2) is 37.9 Å². The lowest BCUT2D eigenvalue weighted by Gasteiger charge is -2.11. The summed E-state index contributed by atoms with van der Waals surface area (Å²) in [5.74, 6) is -0.192. The summed E-state index contributed by atoms with van der Waals surface area (Å²) in [6, 6.07) is 12.5. The number of hydrogen-bond acceptors (Lipinski definition) is 6. The van der Waals surface area contributed by atoms with Gasteiger partial charge in [0.2, 0.25) is 5.16 Å². The second-order valence-corrected chi connectivity index (χ2v) is 7.12. The molecule has 0 aliphatic heterocycles. The molecule has 3 aromatic rings. The monoisotopic (exact) mass is 410 g/mol. The second-order valence-electron chi connectivity index (χ2n) is 5.38. The van der Waals surface area contributed by atoms with Crippen molar-refractivity contribution < 1.29 is 18.3 Å². The van der Waals surface area contributed by atoms with Crippen LogP contribution < -0.4 is 4.74 Å². The van der Waals surface area contributed by atoms with Crippen LogP contribution in [0.1, 0.15) is 17.3 Å². The number of benzene rings is 2. The van der Waals surface area contributed by atoms with Crippen LogP contribution in [0, 0.1) is 0 Å². The van der Waals surface area contributed by atoms with E-state index in [2.05, 4.69) is 20.3 Å². The molecule has 0 aliphatic rings. The number of hydrogen-bond donors (Lipinski definition) is 0. The standard InChI is InChI=1S/C17H13ClF2N4O2S/c1-10(15(25)11-2-8-14(9-3-11)26-16(19)20)27-17-21-22-23-24(17)13-6-4-12(18)5-7-13/h2-10,16H,1H3/t10-/m1/s1. The average Bonchev–Trinajstić information content (AvgIpc) is 3.10. The molecule has 3 rings (SSSR count). The molecule has 0 N–H and O–H groups in total. The topological polar surface area (TPSA) is 69.9 Å². The Morgan fingerprint density at radius 2 is 1.81 bits per heavy atom. The molecule has 0 saturated carbocycles. The Kier molecular flexibility index (Phi) is 6.02. The van der Waals surface area contributed by atoms with E-state index < -0.39 is 11.9 Å². The van der Waals surface area contributed by atoms with E-state index in [0.717, 1.165) is 0 Å². The first kappa shape index (κ1) is 19.2. The number of ketones is 1. The van der Waals surface area contributed by atoms with Crippen LogP contribution in [-0.2, 0) is 0 Å². The third kappa shape index (κ3) is 4.81. The van der Waals surface area contributed by atoms with Gasteiger partial charge in [-0.25, -0.2) is 0 Å². The van der Waals surface area contributed by atoms with E-state index >= 15 is 0 Å². The molecule has 0 amide bonds. The van der Waals surface area contributed by atoms with E-state index in [1.54, 1.807) is 31.2 Å². The Balaban J connectivity index is 1.72. The van der Waals surface area contributed by atoms with E-state index in [1.165, 1.54) is 40.7 Å². The maximum absolute atomic E-state index is 12.6. The molecule has 2 aromatic carbocycles. The van der Waals surface area contributed by atoms with Crippen molar-refractivity contribution in [3.63, 3.8) is 0 Å². The molecule has 0 fully saturated rings. The molecule has 6 nitrogen and oxygen atoms in total. The fourth-order valence-corrected chi connectivity index (χ4v) is 3.25. The van der Waals surface area contributed by atoms with E-state index in [9.17, 15) is 13.6 Å². The number of nitrogens with zero attached hydrogens (tertiary/aromatic N) is 4. The number of thioether (sulfide) groups is 1. The van der Waals surface area contributed by atoms with Gasteiger partial charge >= 0.3 is 6.61 Å². The molecule has 1 heterocycles. The van der Waals surface area contributed by atoms with Crippen molar-refractivity contribution in [1.29, 1.82) is 0 Å². The zero-order chi connectivity index (χ0) is 19.4. The van der Waals surface area contributed by atoms with E-state index in [1.807, 2.05) is 0 Å². The highest BCUT2D eigenvalue weighted by molar-refractivity contribution is 8.00. The van der Waals surface area contributed by atoms with E-state index in [0.29, 0.717) is 21.4 Å². The van der Waals surface area contributed by atoms with Gasteiger partial charge in [-0.15, -0.1) is 5.10 Å². The quantitative estimate of drug-likeness (QED) is 0.427. The highest BCUT2D eigenvalue weighted by Crippen LogP contribution is 2.26. The third-order valence-corrected chi connectivity index (χ3v) is 4.81. The van der Waals surface area contributed by atoms with Crippen LogP contribution in [0.4, 0.5) is 8.78 Å². The smallest absolute Gasteiger partial charge is 0.387 e. The second kappa shape index (κ2) is 8.45. The summed E-state index contributed by atoms with van der Waals surface area (Å²) >= 11 is 7.07. The minimum atomic E-state index is -2.91. The largest absolute Gasteiger partial charge is 0.435 e. The number of carbonyl (C=O) groups excluding carboxylic acids is 1. The fraction of sp³-hybridized carbons (Fsp3) is 0.176. The Labute approximate surface area is 162 Å². The maximum Gasteiger partial charge on any atom is 0.387 e. The number of aromatic nitrogens is 4. The van der Waals surface area contributed by atoms with Gasteiger partial charge in [0, 0.05) is 10.6 Å². The highest BCUT2D eigenvalue weighted by Gasteiger charge is 2.21. The van der Waals surface area contributed by atoms with E-state index in [-0.39, 0.29) is 11.5 Å². The van der Waals surface area contributed by atoms with Gasteiger partial charge in [-0.2, -0.15) is 13.5 Å². The van der Waals surface area contributed by atoms with E-state index in [4.69, 9.17) is 11.6 Å².